The molecule has 13 heteroatoms. The van der Waals surface area contributed by atoms with Gasteiger partial charge in [-0.15, -0.1) is 17.9 Å². The van der Waals surface area contributed by atoms with Crippen molar-refractivity contribution < 1.29 is 33.5 Å². The number of hydrogen-bond donors (Lipinski definition) is 2. The van der Waals surface area contributed by atoms with E-state index in [-0.39, 0.29) is 18.8 Å². The van der Waals surface area contributed by atoms with Crippen molar-refractivity contribution in [1.82, 2.24) is 25.3 Å². The van der Waals surface area contributed by atoms with Crippen LogP contribution in [0.25, 0.3) is 21.7 Å². The topological polar surface area (TPSA) is 157 Å². The molecule has 226 valence electrons. The van der Waals surface area contributed by atoms with Crippen molar-refractivity contribution in [2.75, 3.05) is 6.54 Å². The third-order valence-electron chi connectivity index (χ3n) is 6.63. The first-order valence-corrected chi connectivity index (χ1v) is 14.8. The number of hydrogen-bond acceptors (Lipinski definition) is 10. The monoisotopic (exact) mass is 599 g/mol. The maximum atomic E-state index is 13.8. The second-order valence-electron chi connectivity index (χ2n) is 11.3. The van der Waals surface area contributed by atoms with Crippen LogP contribution >= 0.6 is 11.3 Å². The first kappa shape index (κ1) is 30.9. The van der Waals surface area contributed by atoms with Crippen molar-refractivity contribution in [3.63, 3.8) is 0 Å². The Kier molecular flexibility index (Phi) is 9.81. The number of ether oxygens (including phenoxy) is 2. The molecule has 2 amide bonds. The van der Waals surface area contributed by atoms with Crippen LogP contribution in [0.15, 0.2) is 34.7 Å². The summed E-state index contributed by atoms with van der Waals surface area (Å²) in [6.45, 7) is 10.7. The maximum absolute atomic E-state index is 13.8. The molecule has 0 aliphatic carbocycles. The molecule has 0 saturated carbocycles. The summed E-state index contributed by atoms with van der Waals surface area (Å²) in [6, 6.07) is 1.46. The largest absolute Gasteiger partial charge is 0.480 e. The van der Waals surface area contributed by atoms with Crippen LogP contribution in [0.1, 0.15) is 65.1 Å². The number of unbranched alkanes of at least 4 members (excludes halogenated alkanes) is 3. The molecule has 0 spiro atoms. The van der Waals surface area contributed by atoms with Crippen LogP contribution < -0.4 is 10.1 Å². The third kappa shape index (κ3) is 7.84. The van der Waals surface area contributed by atoms with Gasteiger partial charge in [0.15, 0.2) is 11.5 Å². The highest BCUT2D eigenvalue weighted by Crippen LogP contribution is 2.33. The lowest BCUT2D eigenvalue weighted by Gasteiger charge is -2.28. The molecule has 4 heterocycles. The van der Waals surface area contributed by atoms with Crippen LogP contribution in [0, 0.1) is 6.92 Å². The van der Waals surface area contributed by atoms with E-state index >= 15 is 0 Å². The van der Waals surface area contributed by atoms with Crippen LogP contribution in [0.3, 0.4) is 0 Å². The summed E-state index contributed by atoms with van der Waals surface area (Å²) < 4.78 is 17.5. The number of carboxylic acid groups (broad SMARTS) is 1. The number of fused-ring (bicyclic) bond motifs is 1. The molecule has 0 radical (unpaired) electrons. The van der Waals surface area contributed by atoms with E-state index in [1.54, 1.807) is 33.8 Å². The second-order valence-corrected chi connectivity index (χ2v) is 12.2. The van der Waals surface area contributed by atoms with E-state index in [2.05, 4.69) is 27.0 Å². The minimum absolute atomic E-state index is 0.00797. The SMILES string of the molecule is C=CCCCCC[C@H](NC(=O)OC(C)(C)C)C(=O)N1C[C@H](Oc2nc(-c3cc(C)on3)nc3ccsc23)C[C@H]1C(=O)O. The van der Waals surface area contributed by atoms with Gasteiger partial charge in [-0.05, 0) is 58.4 Å². The van der Waals surface area contributed by atoms with Gasteiger partial charge in [0.25, 0.3) is 0 Å². The molecule has 12 nitrogen and oxygen atoms in total. The van der Waals surface area contributed by atoms with E-state index in [0.29, 0.717) is 40.3 Å². The summed E-state index contributed by atoms with van der Waals surface area (Å²) in [4.78, 5) is 49.0. The molecule has 1 saturated heterocycles. The Bertz CT molecular complexity index is 1430. The number of likely N-dealkylation sites (tertiary alicyclic amines) is 1. The number of aryl methyl sites for hydroxylation is 1. The number of nitrogens with one attached hydrogen (secondary N) is 1. The van der Waals surface area contributed by atoms with E-state index in [0.717, 1.165) is 19.3 Å². The van der Waals surface area contributed by atoms with Crippen LogP contribution in [0.5, 0.6) is 5.88 Å². The predicted molar refractivity (Wildman–Crippen MR) is 156 cm³/mol. The normalized spacial score (nSPS) is 17.7. The Labute approximate surface area is 248 Å². The van der Waals surface area contributed by atoms with Gasteiger partial charge < -0.3 is 29.3 Å². The molecular weight excluding hydrogens is 562 g/mol. The van der Waals surface area contributed by atoms with E-state index in [4.69, 9.17) is 14.0 Å². The molecule has 1 aliphatic rings. The first-order chi connectivity index (χ1) is 19.9. The number of thiophene rings is 1. The average molecular weight is 600 g/mol. The molecule has 3 aromatic rings. The lowest BCUT2D eigenvalue weighted by atomic mass is 10.1. The van der Waals surface area contributed by atoms with Crippen LogP contribution in [0.4, 0.5) is 4.79 Å². The molecule has 1 aliphatic heterocycles. The van der Waals surface area contributed by atoms with Gasteiger partial charge in [0, 0.05) is 12.5 Å². The van der Waals surface area contributed by atoms with Crippen molar-refractivity contribution in [2.45, 2.75) is 90.0 Å². The predicted octanol–water partition coefficient (Wildman–Crippen LogP) is 5.12. The highest BCUT2D eigenvalue weighted by molar-refractivity contribution is 7.17. The molecule has 4 rings (SSSR count). The van der Waals surface area contributed by atoms with E-state index in [1.807, 2.05) is 17.5 Å². The van der Waals surface area contributed by atoms with Crippen molar-refractivity contribution in [3.8, 4) is 17.4 Å². The Balaban J connectivity index is 1.54. The lowest BCUT2D eigenvalue weighted by molar-refractivity contribution is -0.149. The minimum atomic E-state index is -1.15. The number of rotatable bonds is 12. The van der Waals surface area contributed by atoms with Gasteiger partial charge in [-0.2, -0.15) is 4.98 Å². The smallest absolute Gasteiger partial charge is 0.408 e. The highest BCUT2D eigenvalue weighted by Gasteiger charge is 2.43. The third-order valence-corrected chi connectivity index (χ3v) is 7.52. The van der Waals surface area contributed by atoms with Gasteiger partial charge >= 0.3 is 12.1 Å². The van der Waals surface area contributed by atoms with E-state index in [9.17, 15) is 19.5 Å². The first-order valence-electron chi connectivity index (χ1n) is 13.9. The molecule has 42 heavy (non-hydrogen) atoms. The number of amides is 2. The summed E-state index contributed by atoms with van der Waals surface area (Å²) in [6.07, 6.45) is 4.08. The summed E-state index contributed by atoms with van der Waals surface area (Å²) in [7, 11) is 0. The Morgan fingerprint density at radius 3 is 2.74 bits per heavy atom. The Morgan fingerprint density at radius 2 is 2.07 bits per heavy atom. The second kappa shape index (κ2) is 13.3. The van der Waals surface area contributed by atoms with E-state index in [1.165, 1.54) is 16.2 Å². The number of carbonyl (C=O) groups excluding carboxylic acids is 2. The summed E-state index contributed by atoms with van der Waals surface area (Å²) >= 11 is 1.39. The number of allylic oxidation sites excluding steroid dienone is 1. The molecule has 0 unspecified atom stereocenters. The van der Waals surface area contributed by atoms with Crippen LogP contribution in [0.2, 0.25) is 0 Å². The van der Waals surface area contributed by atoms with Gasteiger partial charge in [0.1, 0.15) is 34.2 Å². The lowest BCUT2D eigenvalue weighted by Crippen LogP contribution is -2.52. The van der Waals surface area contributed by atoms with Crippen molar-refractivity contribution in [1.29, 1.82) is 0 Å². The molecule has 0 bridgehead atoms. The number of nitrogens with zero attached hydrogens (tertiary/aromatic N) is 4. The highest BCUT2D eigenvalue weighted by atomic mass is 32.1. The fourth-order valence-electron chi connectivity index (χ4n) is 4.74. The zero-order valence-electron chi connectivity index (χ0n) is 24.3. The fraction of sp³-hybridized carbons (Fsp3) is 0.517. The fourth-order valence-corrected chi connectivity index (χ4v) is 5.50. The molecule has 2 N–H and O–H groups in total. The van der Waals surface area contributed by atoms with Crippen LogP contribution in [-0.4, -0.2) is 73.4 Å². The summed E-state index contributed by atoms with van der Waals surface area (Å²) in [5.41, 5.74) is 0.340. The van der Waals surface area contributed by atoms with Crippen LogP contribution in [-0.2, 0) is 14.3 Å². The Morgan fingerprint density at radius 1 is 1.29 bits per heavy atom. The average Bonchev–Trinajstić information content (AvgIpc) is 3.66. The zero-order valence-corrected chi connectivity index (χ0v) is 25.1. The van der Waals surface area contributed by atoms with Gasteiger partial charge in [-0.1, -0.05) is 24.1 Å². The minimum Gasteiger partial charge on any atom is -0.480 e. The molecule has 3 atom stereocenters. The molecule has 1 fully saturated rings. The van der Waals surface area contributed by atoms with Gasteiger partial charge in [0.2, 0.25) is 11.8 Å². The summed E-state index contributed by atoms with van der Waals surface area (Å²) in [5, 5.41) is 18.6. The number of carbonyl (C=O) groups is 3. The Hall–Kier alpha value is -4.00. The number of aromatic nitrogens is 3. The standard InChI is InChI=1S/C29H37N5O7S/c1-6-7-8-9-10-11-20(31-28(38)40-29(3,4)5)26(35)34-16-18(15-22(34)27(36)37)39-25-23-19(12-13-42-23)30-24(32-25)21-14-17(2)41-33-21/h6,12-14,18,20,22H,1,7-11,15-16H2,2-5H3,(H,31,38)(H,36,37)/t18-,20+,22+/m1/s1. The van der Waals surface area contributed by atoms with Gasteiger partial charge in [-0.25, -0.2) is 14.6 Å². The molecule has 0 aromatic carbocycles. The number of carboxylic acids is 1. The van der Waals surface area contributed by atoms with Gasteiger partial charge in [-0.3, -0.25) is 4.79 Å². The van der Waals surface area contributed by atoms with Gasteiger partial charge in [0.05, 0.1) is 12.1 Å². The van der Waals surface area contributed by atoms with Crippen molar-refractivity contribution >= 4 is 39.5 Å². The molecule has 3 aromatic heterocycles. The van der Waals surface area contributed by atoms with E-state index < -0.39 is 41.8 Å². The molecular formula is C29H37N5O7S. The maximum Gasteiger partial charge on any atom is 0.408 e. The number of aliphatic carboxylic acids is 1. The summed E-state index contributed by atoms with van der Waals surface area (Å²) in [5.74, 6) is -0.456. The number of alkyl carbamates (subject to hydrolysis) is 1. The van der Waals surface area contributed by atoms with Crippen molar-refractivity contribution in [2.24, 2.45) is 0 Å². The van der Waals surface area contributed by atoms with Crippen molar-refractivity contribution in [3.05, 3.63) is 35.9 Å². The zero-order chi connectivity index (χ0) is 30.4. The quantitative estimate of drug-likeness (QED) is 0.212.